The molecule has 1 fully saturated rings. The molecule has 0 unspecified atom stereocenters. The summed E-state index contributed by atoms with van der Waals surface area (Å²) in [6, 6.07) is 2.98. The van der Waals surface area contributed by atoms with Crippen molar-refractivity contribution < 1.29 is 26.8 Å². The maximum atomic E-state index is 13.5. The van der Waals surface area contributed by atoms with Crippen LogP contribution in [0.1, 0.15) is 23.3 Å². The summed E-state index contributed by atoms with van der Waals surface area (Å²) in [5.41, 5.74) is -1.04. The van der Waals surface area contributed by atoms with E-state index in [9.17, 15) is 26.8 Å². The highest BCUT2D eigenvalue weighted by Gasteiger charge is 2.52. The van der Waals surface area contributed by atoms with Crippen molar-refractivity contribution in [1.82, 2.24) is 9.88 Å². The Kier molecular flexibility index (Phi) is 5.44. The second-order valence-corrected chi connectivity index (χ2v) is 9.40. The van der Waals surface area contributed by atoms with Crippen LogP contribution in [0.25, 0.3) is 0 Å². The van der Waals surface area contributed by atoms with Crippen molar-refractivity contribution in [3.05, 3.63) is 46.7 Å². The fourth-order valence-electron chi connectivity index (χ4n) is 3.05. The quantitative estimate of drug-likeness (QED) is 0.667. The van der Waals surface area contributed by atoms with Crippen LogP contribution in [0, 0.1) is 17.0 Å². The molecule has 0 atom stereocenters. The Balaban J connectivity index is 1.83. The van der Waals surface area contributed by atoms with Gasteiger partial charge in [-0.1, -0.05) is 11.6 Å². The van der Waals surface area contributed by atoms with Crippen molar-refractivity contribution in [2.45, 2.75) is 17.7 Å². The van der Waals surface area contributed by atoms with Gasteiger partial charge in [0.25, 0.3) is 5.91 Å². The van der Waals surface area contributed by atoms with Crippen LogP contribution in [-0.2, 0) is 21.7 Å². The van der Waals surface area contributed by atoms with Gasteiger partial charge in [-0.25, -0.2) is 17.2 Å². The number of anilines is 1. The summed E-state index contributed by atoms with van der Waals surface area (Å²) in [7, 11) is -0.911. The van der Waals surface area contributed by atoms with E-state index in [1.807, 2.05) is 0 Å². The molecule has 1 heterocycles. The molecule has 1 aromatic carbocycles. The number of amides is 2. The number of nitrogens with zero attached hydrogens (tertiary/aromatic N) is 1. The summed E-state index contributed by atoms with van der Waals surface area (Å²) in [5, 5.41) is 4.33. The average Bonchev–Trinajstić information content (AvgIpc) is 3.30. The molecule has 0 spiro atoms. The first-order valence-electron chi connectivity index (χ1n) is 8.56. The van der Waals surface area contributed by atoms with E-state index >= 15 is 0 Å². The van der Waals surface area contributed by atoms with Crippen LogP contribution in [0.2, 0.25) is 5.02 Å². The number of carbonyl (C=O) groups excluding carboxylic acids is 2. The zero-order valence-corrected chi connectivity index (χ0v) is 17.1. The van der Waals surface area contributed by atoms with Crippen LogP contribution in [0.4, 0.5) is 14.5 Å². The van der Waals surface area contributed by atoms with E-state index in [-0.39, 0.29) is 27.9 Å². The van der Waals surface area contributed by atoms with E-state index in [1.54, 1.807) is 0 Å². The minimum Gasteiger partial charge on any atom is -0.359 e. The van der Waals surface area contributed by atoms with Gasteiger partial charge in [0.1, 0.15) is 5.69 Å². The molecule has 1 aromatic heterocycles. The van der Waals surface area contributed by atoms with Gasteiger partial charge in [-0.05, 0) is 25.0 Å². The van der Waals surface area contributed by atoms with Gasteiger partial charge in [0.05, 0.1) is 21.1 Å². The molecule has 156 valence electrons. The lowest BCUT2D eigenvalue weighted by atomic mass is 10.1. The van der Waals surface area contributed by atoms with Gasteiger partial charge in [-0.3, -0.25) is 9.59 Å². The molecule has 3 rings (SSSR count). The summed E-state index contributed by atoms with van der Waals surface area (Å²) in [6.45, 7) is 0. The fraction of sp³-hybridized carbons (Fsp3) is 0.333. The second-order valence-electron chi connectivity index (χ2n) is 7.00. The second kappa shape index (κ2) is 7.42. The number of rotatable bonds is 6. The van der Waals surface area contributed by atoms with Crippen LogP contribution in [0.5, 0.6) is 0 Å². The summed E-state index contributed by atoms with van der Waals surface area (Å²) in [5.74, 6) is -3.88. The number of halogens is 3. The van der Waals surface area contributed by atoms with Crippen molar-refractivity contribution in [2.75, 3.05) is 18.1 Å². The zero-order valence-electron chi connectivity index (χ0n) is 15.6. The molecule has 2 amide bonds. The molecule has 0 bridgehead atoms. The lowest BCUT2D eigenvalue weighted by Crippen LogP contribution is -2.34. The SMILES string of the molecule is CNC(=O)C1(CS(=O)(=O)c2cc(C(=O)Nc3cc(F)c(F)c(Cl)c3)n(C)c2)CC1. The molecule has 1 aliphatic rings. The Labute approximate surface area is 171 Å². The minimum absolute atomic E-state index is 0.0192. The van der Waals surface area contributed by atoms with Crippen molar-refractivity contribution >= 4 is 38.9 Å². The molecule has 2 aromatic rings. The molecule has 7 nitrogen and oxygen atoms in total. The molecule has 1 saturated carbocycles. The topological polar surface area (TPSA) is 97.3 Å². The van der Waals surface area contributed by atoms with Crippen LogP contribution >= 0.6 is 11.6 Å². The third kappa shape index (κ3) is 4.13. The highest BCUT2D eigenvalue weighted by molar-refractivity contribution is 7.91. The Morgan fingerprint density at radius 3 is 2.45 bits per heavy atom. The number of aromatic nitrogens is 1. The number of nitrogens with one attached hydrogen (secondary N) is 2. The highest BCUT2D eigenvalue weighted by Crippen LogP contribution is 2.47. The smallest absolute Gasteiger partial charge is 0.272 e. The molecule has 29 heavy (non-hydrogen) atoms. The lowest BCUT2D eigenvalue weighted by molar-refractivity contribution is -0.125. The number of sulfone groups is 1. The van der Waals surface area contributed by atoms with Crippen molar-refractivity contribution in [3.8, 4) is 0 Å². The normalized spacial score (nSPS) is 15.1. The molecule has 1 aliphatic carbocycles. The molecule has 0 radical (unpaired) electrons. The first-order valence-corrected chi connectivity index (χ1v) is 10.6. The highest BCUT2D eigenvalue weighted by atomic mass is 35.5. The zero-order chi connectivity index (χ0) is 21.6. The van der Waals surface area contributed by atoms with Gasteiger partial charge in [0.15, 0.2) is 21.5 Å². The van der Waals surface area contributed by atoms with E-state index in [2.05, 4.69) is 10.6 Å². The standard InChI is InChI=1S/C18H18ClF2N3O4S/c1-22-17(26)18(3-4-18)9-29(27,28)11-7-14(24(2)8-11)16(25)23-10-5-12(19)15(21)13(20)6-10/h5-8H,3-4,9H2,1-2H3,(H,22,26)(H,23,25). The third-order valence-corrected chi connectivity index (χ3v) is 6.99. The monoisotopic (exact) mass is 445 g/mol. The number of hydrogen-bond donors (Lipinski definition) is 2. The van der Waals surface area contributed by atoms with Gasteiger partial charge in [-0.15, -0.1) is 0 Å². The first-order chi connectivity index (χ1) is 13.5. The number of aryl methyl sites for hydroxylation is 1. The van der Waals surface area contributed by atoms with Crippen LogP contribution in [0.3, 0.4) is 0 Å². The van der Waals surface area contributed by atoms with Crippen LogP contribution < -0.4 is 10.6 Å². The van der Waals surface area contributed by atoms with Crippen molar-refractivity contribution in [3.63, 3.8) is 0 Å². The van der Waals surface area contributed by atoms with Crippen molar-refractivity contribution in [2.24, 2.45) is 12.5 Å². The summed E-state index contributed by atoms with van der Waals surface area (Å²) in [4.78, 5) is 24.3. The Hall–Kier alpha value is -2.46. The lowest BCUT2D eigenvalue weighted by Gasteiger charge is -2.12. The minimum atomic E-state index is -3.83. The average molecular weight is 446 g/mol. The molecular formula is C18H18ClF2N3O4S. The van der Waals surface area contributed by atoms with Crippen molar-refractivity contribution in [1.29, 1.82) is 0 Å². The van der Waals surface area contributed by atoms with Crippen LogP contribution in [-0.4, -0.2) is 37.6 Å². The van der Waals surface area contributed by atoms with E-state index in [0.29, 0.717) is 12.8 Å². The first kappa shape index (κ1) is 21.3. The van der Waals surface area contributed by atoms with Gasteiger partial charge in [-0.2, -0.15) is 0 Å². The molecular weight excluding hydrogens is 428 g/mol. The van der Waals surface area contributed by atoms with E-state index in [1.165, 1.54) is 30.9 Å². The molecule has 0 saturated heterocycles. The Bertz CT molecular complexity index is 1090. The maximum Gasteiger partial charge on any atom is 0.272 e. The van der Waals surface area contributed by atoms with Gasteiger partial charge in [0, 0.05) is 32.0 Å². The summed E-state index contributed by atoms with van der Waals surface area (Å²) in [6.07, 6.45) is 2.22. The van der Waals surface area contributed by atoms with Gasteiger partial charge in [0.2, 0.25) is 5.91 Å². The van der Waals surface area contributed by atoms with Gasteiger partial charge < -0.3 is 15.2 Å². The number of hydrogen-bond acceptors (Lipinski definition) is 4. The maximum absolute atomic E-state index is 13.5. The third-order valence-electron chi connectivity index (χ3n) is 4.84. The van der Waals surface area contributed by atoms with E-state index in [0.717, 1.165) is 12.1 Å². The van der Waals surface area contributed by atoms with Crippen LogP contribution in [0.15, 0.2) is 29.3 Å². The molecule has 11 heteroatoms. The summed E-state index contributed by atoms with van der Waals surface area (Å²) < 4.78 is 53.5. The molecule has 0 aliphatic heterocycles. The summed E-state index contributed by atoms with van der Waals surface area (Å²) >= 11 is 5.57. The number of benzene rings is 1. The van der Waals surface area contributed by atoms with E-state index < -0.39 is 37.8 Å². The van der Waals surface area contributed by atoms with Gasteiger partial charge >= 0.3 is 0 Å². The van der Waals surface area contributed by atoms with E-state index in [4.69, 9.17) is 11.6 Å². The fourth-order valence-corrected chi connectivity index (χ4v) is 5.18. The Morgan fingerprint density at radius 2 is 1.90 bits per heavy atom. The predicted molar refractivity (Wildman–Crippen MR) is 103 cm³/mol. The number of carbonyl (C=O) groups is 2. The largest absolute Gasteiger partial charge is 0.359 e. The predicted octanol–water partition coefficient (Wildman–Crippen LogP) is 2.51. The Morgan fingerprint density at radius 1 is 1.24 bits per heavy atom. The molecule has 2 N–H and O–H groups in total.